The van der Waals surface area contributed by atoms with Crippen LogP contribution < -0.4 is 0 Å². The van der Waals surface area contributed by atoms with E-state index < -0.39 is 0 Å². The Morgan fingerprint density at radius 3 is 2.75 bits per heavy atom. The van der Waals surface area contributed by atoms with Crippen molar-refractivity contribution in [3.63, 3.8) is 0 Å². The maximum Gasteiger partial charge on any atom is 0.142 e. The summed E-state index contributed by atoms with van der Waals surface area (Å²) in [6.07, 6.45) is 6.01. The van der Waals surface area contributed by atoms with E-state index in [0.29, 0.717) is 6.04 Å². The van der Waals surface area contributed by atoms with E-state index in [1.807, 2.05) is 29.2 Å². The summed E-state index contributed by atoms with van der Waals surface area (Å²) in [5.74, 6) is -0.337. The molecule has 2 heterocycles. The smallest absolute Gasteiger partial charge is 0.142 e. The molecule has 1 saturated heterocycles. The highest BCUT2D eigenvalue weighted by molar-refractivity contribution is 6.30. The Bertz CT molecular complexity index is 563. The molecule has 2 aromatic rings. The van der Waals surface area contributed by atoms with Gasteiger partial charge >= 0.3 is 0 Å². The Labute approximate surface area is 123 Å². The second-order valence-electron chi connectivity index (χ2n) is 5.24. The van der Waals surface area contributed by atoms with Crippen LogP contribution in [-0.2, 0) is 6.54 Å². The van der Waals surface area contributed by atoms with E-state index in [0.717, 1.165) is 38.0 Å². The topological polar surface area (TPSA) is 21.1 Å². The van der Waals surface area contributed by atoms with Crippen molar-refractivity contribution in [2.24, 2.45) is 0 Å². The van der Waals surface area contributed by atoms with Gasteiger partial charge in [-0.1, -0.05) is 17.7 Å². The third kappa shape index (κ3) is 3.02. The third-order valence-electron chi connectivity index (χ3n) is 3.85. The number of rotatable bonds is 3. The van der Waals surface area contributed by atoms with Crippen molar-refractivity contribution in [2.75, 3.05) is 13.1 Å². The molecule has 3 nitrogen and oxygen atoms in total. The first-order chi connectivity index (χ1) is 9.72. The van der Waals surface area contributed by atoms with Gasteiger partial charge in [0, 0.05) is 32.0 Å². The zero-order valence-corrected chi connectivity index (χ0v) is 11.9. The van der Waals surface area contributed by atoms with E-state index in [-0.39, 0.29) is 10.8 Å². The highest BCUT2D eigenvalue weighted by atomic mass is 35.5. The molecular formula is C15H17ClFN3. The van der Waals surface area contributed by atoms with Crippen molar-refractivity contribution in [3.8, 4) is 0 Å². The van der Waals surface area contributed by atoms with Crippen LogP contribution in [0.3, 0.4) is 0 Å². The molecule has 1 fully saturated rings. The van der Waals surface area contributed by atoms with Crippen molar-refractivity contribution < 1.29 is 4.39 Å². The van der Waals surface area contributed by atoms with Crippen LogP contribution in [0.2, 0.25) is 5.02 Å². The number of aromatic nitrogens is 2. The van der Waals surface area contributed by atoms with Gasteiger partial charge in [-0.2, -0.15) is 5.10 Å². The van der Waals surface area contributed by atoms with Crippen molar-refractivity contribution in [2.45, 2.75) is 25.4 Å². The van der Waals surface area contributed by atoms with E-state index >= 15 is 0 Å². The van der Waals surface area contributed by atoms with Crippen LogP contribution in [0.15, 0.2) is 36.7 Å². The molecule has 0 unspecified atom stereocenters. The van der Waals surface area contributed by atoms with Crippen molar-refractivity contribution in [1.82, 2.24) is 14.7 Å². The largest absolute Gasteiger partial charge is 0.299 e. The van der Waals surface area contributed by atoms with Gasteiger partial charge < -0.3 is 0 Å². The molecule has 0 N–H and O–H groups in total. The summed E-state index contributed by atoms with van der Waals surface area (Å²) in [4.78, 5) is 2.35. The van der Waals surface area contributed by atoms with Gasteiger partial charge in [0.05, 0.1) is 11.1 Å². The number of nitrogens with zero attached hydrogens (tertiary/aromatic N) is 3. The second kappa shape index (κ2) is 5.94. The summed E-state index contributed by atoms with van der Waals surface area (Å²) in [6.45, 7) is 2.80. The van der Waals surface area contributed by atoms with Crippen LogP contribution in [0.25, 0.3) is 0 Å². The van der Waals surface area contributed by atoms with Gasteiger partial charge in [0.15, 0.2) is 0 Å². The number of likely N-dealkylation sites (tertiary alicyclic amines) is 1. The van der Waals surface area contributed by atoms with Gasteiger partial charge in [-0.3, -0.25) is 9.58 Å². The van der Waals surface area contributed by atoms with E-state index in [9.17, 15) is 4.39 Å². The molecule has 1 aromatic heterocycles. The minimum atomic E-state index is -0.337. The molecule has 5 heteroatoms. The lowest BCUT2D eigenvalue weighted by atomic mass is 10.0. The van der Waals surface area contributed by atoms with Crippen molar-refractivity contribution >= 4 is 11.6 Å². The summed E-state index contributed by atoms with van der Waals surface area (Å²) in [5.41, 5.74) is 0.976. The zero-order valence-electron chi connectivity index (χ0n) is 11.2. The Kier molecular flexibility index (Phi) is 4.03. The molecule has 1 aromatic carbocycles. The molecule has 0 aliphatic carbocycles. The molecule has 0 amide bonds. The first kappa shape index (κ1) is 13.6. The zero-order chi connectivity index (χ0) is 13.9. The summed E-state index contributed by atoms with van der Waals surface area (Å²) in [7, 11) is 0. The summed E-state index contributed by atoms with van der Waals surface area (Å²) in [6, 6.07) is 7.50. The fraction of sp³-hybridized carbons (Fsp3) is 0.400. The molecule has 0 bridgehead atoms. The number of hydrogen-bond donors (Lipinski definition) is 0. The van der Waals surface area contributed by atoms with Crippen LogP contribution in [0, 0.1) is 5.82 Å². The first-order valence-electron chi connectivity index (χ1n) is 6.88. The second-order valence-corrected chi connectivity index (χ2v) is 5.65. The van der Waals surface area contributed by atoms with E-state index in [2.05, 4.69) is 10.00 Å². The molecule has 20 heavy (non-hydrogen) atoms. The van der Waals surface area contributed by atoms with Crippen LogP contribution in [0.4, 0.5) is 4.39 Å². The van der Waals surface area contributed by atoms with Gasteiger partial charge in [-0.25, -0.2) is 4.39 Å². The van der Waals surface area contributed by atoms with Crippen LogP contribution in [-0.4, -0.2) is 27.8 Å². The maximum absolute atomic E-state index is 13.4. The van der Waals surface area contributed by atoms with Crippen LogP contribution >= 0.6 is 11.6 Å². The maximum atomic E-state index is 13.4. The number of halogens is 2. The highest BCUT2D eigenvalue weighted by Crippen LogP contribution is 2.23. The third-order valence-corrected chi connectivity index (χ3v) is 4.15. The highest BCUT2D eigenvalue weighted by Gasteiger charge is 2.20. The summed E-state index contributed by atoms with van der Waals surface area (Å²) in [5, 5.41) is 4.49. The fourth-order valence-corrected chi connectivity index (χ4v) is 2.85. The molecule has 3 rings (SSSR count). The molecule has 0 atom stereocenters. The van der Waals surface area contributed by atoms with Gasteiger partial charge in [0.2, 0.25) is 0 Å². The molecule has 1 aliphatic rings. The lowest BCUT2D eigenvalue weighted by molar-refractivity contribution is 0.173. The fourth-order valence-electron chi connectivity index (χ4n) is 2.73. The molecule has 106 valence electrons. The predicted octanol–water partition coefficient (Wildman–Crippen LogP) is 3.51. The number of hydrogen-bond acceptors (Lipinski definition) is 2. The molecule has 0 radical (unpaired) electrons. The molecule has 0 saturated carbocycles. The monoisotopic (exact) mass is 293 g/mol. The van der Waals surface area contributed by atoms with Gasteiger partial charge in [-0.05, 0) is 36.6 Å². The van der Waals surface area contributed by atoms with Crippen LogP contribution in [0.1, 0.15) is 24.4 Å². The van der Waals surface area contributed by atoms with Crippen molar-refractivity contribution in [1.29, 1.82) is 0 Å². The average molecular weight is 294 g/mol. The number of benzene rings is 1. The van der Waals surface area contributed by atoms with Crippen LogP contribution in [0.5, 0.6) is 0 Å². The molecular weight excluding hydrogens is 277 g/mol. The van der Waals surface area contributed by atoms with Crippen molar-refractivity contribution in [3.05, 3.63) is 53.1 Å². The first-order valence-corrected chi connectivity index (χ1v) is 7.25. The van der Waals surface area contributed by atoms with Gasteiger partial charge in [0.25, 0.3) is 0 Å². The van der Waals surface area contributed by atoms with Gasteiger partial charge in [0.1, 0.15) is 5.82 Å². The normalized spacial score (nSPS) is 17.5. The van der Waals surface area contributed by atoms with E-state index in [4.69, 9.17) is 11.6 Å². The minimum absolute atomic E-state index is 0.186. The molecule has 1 aliphatic heterocycles. The number of piperidine rings is 1. The SMILES string of the molecule is Fc1cc(CN2CCC(n3cccn3)CC2)ccc1Cl. The van der Waals surface area contributed by atoms with Gasteiger partial charge in [-0.15, -0.1) is 0 Å². The Morgan fingerprint density at radius 1 is 1.30 bits per heavy atom. The Balaban J connectivity index is 1.57. The predicted molar refractivity (Wildman–Crippen MR) is 77.2 cm³/mol. The lowest BCUT2D eigenvalue weighted by Gasteiger charge is -2.32. The summed E-state index contributed by atoms with van der Waals surface area (Å²) < 4.78 is 15.5. The lowest BCUT2D eigenvalue weighted by Crippen LogP contribution is -2.34. The molecule has 0 spiro atoms. The Morgan fingerprint density at radius 2 is 2.10 bits per heavy atom. The van der Waals surface area contributed by atoms with E-state index in [1.54, 1.807) is 6.07 Å². The standard InChI is InChI=1S/C15H17ClFN3/c16-14-3-2-12(10-15(14)17)11-19-8-4-13(5-9-19)20-7-1-6-18-20/h1-3,6-7,10,13H,4-5,8-9,11H2. The Hall–Kier alpha value is -1.39. The quantitative estimate of drug-likeness (QED) is 0.863. The minimum Gasteiger partial charge on any atom is -0.299 e. The van der Waals surface area contributed by atoms with E-state index in [1.165, 1.54) is 6.07 Å². The summed E-state index contributed by atoms with van der Waals surface area (Å²) >= 11 is 5.70. The average Bonchev–Trinajstić information content (AvgIpc) is 2.98.